The summed E-state index contributed by atoms with van der Waals surface area (Å²) in [6, 6.07) is 4.57. The molecule has 0 saturated carbocycles. The Morgan fingerprint density at radius 3 is 2.79 bits per heavy atom. The van der Waals surface area contributed by atoms with E-state index >= 15 is 0 Å². The molecule has 0 spiro atoms. The maximum Gasteiger partial charge on any atom is 0.142 e. The van der Waals surface area contributed by atoms with Gasteiger partial charge in [0.1, 0.15) is 5.82 Å². The van der Waals surface area contributed by atoms with Crippen LogP contribution in [0.4, 0.5) is 4.39 Å². The number of halogens is 3. The molecule has 2 aromatic rings. The van der Waals surface area contributed by atoms with Crippen molar-refractivity contribution in [3.05, 3.63) is 50.4 Å². The molecule has 0 radical (unpaired) electrons. The molecule has 0 aliphatic carbocycles. The molecule has 19 heavy (non-hydrogen) atoms. The third kappa shape index (κ3) is 2.90. The normalized spacial score (nSPS) is 12.7. The van der Waals surface area contributed by atoms with Crippen molar-refractivity contribution in [3.63, 3.8) is 0 Å². The molecule has 102 valence electrons. The number of aryl methyl sites for hydroxylation is 1. The Balaban J connectivity index is 2.46. The molecule has 6 heteroatoms. The molecule has 0 bridgehead atoms. The van der Waals surface area contributed by atoms with Gasteiger partial charge in [-0.05, 0) is 44.3 Å². The first-order valence-corrected chi connectivity index (χ1v) is 7.55. The van der Waals surface area contributed by atoms with Crippen LogP contribution in [0.1, 0.15) is 30.6 Å². The summed E-state index contributed by atoms with van der Waals surface area (Å²) < 4.78 is 17.1. The summed E-state index contributed by atoms with van der Waals surface area (Å²) >= 11 is 6.61. The number of nitrogens with zero attached hydrogens (tertiary/aromatic N) is 2. The third-order valence-electron chi connectivity index (χ3n) is 2.88. The van der Waals surface area contributed by atoms with Gasteiger partial charge in [0.05, 0.1) is 26.9 Å². The van der Waals surface area contributed by atoms with Gasteiger partial charge in [0.25, 0.3) is 0 Å². The van der Waals surface area contributed by atoms with Crippen LogP contribution in [0, 0.1) is 5.82 Å². The van der Waals surface area contributed by atoms with Gasteiger partial charge >= 0.3 is 0 Å². The maximum atomic E-state index is 14.1. The molecule has 0 fully saturated rings. The van der Waals surface area contributed by atoms with E-state index in [0.29, 0.717) is 10.0 Å². The lowest BCUT2D eigenvalue weighted by Crippen LogP contribution is -2.19. The predicted octanol–water partition coefficient (Wildman–Crippen LogP) is 4.01. The molecule has 1 atom stereocenters. The molecule has 0 aliphatic heterocycles. The molecule has 0 aliphatic rings. The summed E-state index contributed by atoms with van der Waals surface area (Å²) in [7, 11) is 0. The van der Waals surface area contributed by atoms with Crippen molar-refractivity contribution in [2.24, 2.45) is 5.73 Å². The molecule has 0 amide bonds. The third-order valence-corrected chi connectivity index (χ3v) is 4.10. The zero-order valence-corrected chi connectivity index (χ0v) is 13.6. The molecule has 1 aromatic heterocycles. The van der Waals surface area contributed by atoms with Gasteiger partial charge < -0.3 is 5.73 Å². The fourth-order valence-electron chi connectivity index (χ4n) is 1.98. The molecule has 2 rings (SSSR count). The lowest BCUT2D eigenvalue weighted by molar-refractivity contribution is 0.542. The largest absolute Gasteiger partial charge is 0.319 e. The molecule has 2 N–H and O–H groups in total. The lowest BCUT2D eigenvalue weighted by Gasteiger charge is -2.16. The van der Waals surface area contributed by atoms with E-state index in [0.717, 1.165) is 23.1 Å². The Hall–Kier alpha value is -0.720. The number of hydrogen-bond acceptors (Lipinski definition) is 2. The van der Waals surface area contributed by atoms with Crippen LogP contribution in [0.15, 0.2) is 33.3 Å². The fourth-order valence-corrected chi connectivity index (χ4v) is 2.90. The minimum atomic E-state index is -0.555. The Morgan fingerprint density at radius 2 is 2.11 bits per heavy atom. The van der Waals surface area contributed by atoms with E-state index in [-0.39, 0.29) is 5.82 Å². The van der Waals surface area contributed by atoms with E-state index < -0.39 is 6.04 Å². The van der Waals surface area contributed by atoms with Crippen molar-refractivity contribution in [3.8, 4) is 0 Å². The minimum absolute atomic E-state index is 0.328. The smallest absolute Gasteiger partial charge is 0.142 e. The minimum Gasteiger partial charge on any atom is -0.319 e. The van der Waals surface area contributed by atoms with E-state index in [1.165, 1.54) is 0 Å². The monoisotopic (exact) mass is 389 g/mol. The summed E-state index contributed by atoms with van der Waals surface area (Å²) in [5.74, 6) is -0.328. The van der Waals surface area contributed by atoms with E-state index in [9.17, 15) is 4.39 Å². The second-order valence-electron chi connectivity index (χ2n) is 4.22. The summed E-state index contributed by atoms with van der Waals surface area (Å²) in [4.78, 5) is 0. The Kier molecular flexibility index (Phi) is 4.76. The van der Waals surface area contributed by atoms with Gasteiger partial charge in [-0.2, -0.15) is 5.10 Å². The van der Waals surface area contributed by atoms with Crippen LogP contribution < -0.4 is 5.73 Å². The predicted molar refractivity (Wildman–Crippen MR) is 80.3 cm³/mol. The van der Waals surface area contributed by atoms with Crippen LogP contribution in [0.5, 0.6) is 0 Å². The highest BCUT2D eigenvalue weighted by molar-refractivity contribution is 9.10. The first-order valence-electron chi connectivity index (χ1n) is 5.97. The lowest BCUT2D eigenvalue weighted by atomic mass is 10.0. The van der Waals surface area contributed by atoms with Crippen molar-refractivity contribution >= 4 is 31.9 Å². The van der Waals surface area contributed by atoms with Crippen LogP contribution in [0.2, 0.25) is 0 Å². The molecular formula is C13H14Br2FN3. The highest BCUT2D eigenvalue weighted by atomic mass is 79.9. The van der Waals surface area contributed by atoms with Crippen LogP contribution in [0.3, 0.4) is 0 Å². The number of nitrogens with two attached hydrogens (primary N) is 1. The van der Waals surface area contributed by atoms with Gasteiger partial charge in [0.15, 0.2) is 0 Å². The first kappa shape index (κ1) is 14.7. The summed E-state index contributed by atoms with van der Waals surface area (Å²) in [6.07, 6.45) is 2.63. The quantitative estimate of drug-likeness (QED) is 0.857. The maximum absolute atomic E-state index is 14.1. The zero-order chi connectivity index (χ0) is 14.0. The zero-order valence-electron chi connectivity index (χ0n) is 10.4. The van der Waals surface area contributed by atoms with Crippen molar-refractivity contribution in [2.45, 2.75) is 25.9 Å². The van der Waals surface area contributed by atoms with Gasteiger partial charge in [-0.3, -0.25) is 4.68 Å². The van der Waals surface area contributed by atoms with E-state index in [1.807, 2.05) is 4.68 Å². The Bertz CT molecular complexity index is 583. The Morgan fingerprint density at radius 1 is 1.37 bits per heavy atom. The summed E-state index contributed by atoms with van der Waals surface area (Å²) in [5.41, 5.74) is 7.45. The van der Waals surface area contributed by atoms with E-state index in [4.69, 9.17) is 5.73 Å². The fraction of sp³-hybridized carbons (Fsp3) is 0.308. The second-order valence-corrected chi connectivity index (χ2v) is 5.93. The van der Waals surface area contributed by atoms with E-state index in [1.54, 1.807) is 24.4 Å². The van der Waals surface area contributed by atoms with Crippen molar-refractivity contribution < 1.29 is 4.39 Å². The summed E-state index contributed by atoms with van der Waals surface area (Å²) in [6.45, 7) is 2.81. The van der Waals surface area contributed by atoms with Gasteiger partial charge in [-0.15, -0.1) is 0 Å². The molecule has 1 unspecified atom stereocenters. The standard InChI is InChI=1S/C13H14Br2FN3/c1-2-6-19-13(10(15)7-18-19)12(17)8-4-3-5-9(14)11(8)16/h3-5,7,12H,2,6,17H2,1H3. The van der Waals surface area contributed by atoms with E-state index in [2.05, 4.69) is 43.9 Å². The van der Waals surface area contributed by atoms with Crippen LogP contribution in [-0.2, 0) is 6.54 Å². The van der Waals surface area contributed by atoms with Gasteiger partial charge in [-0.25, -0.2) is 4.39 Å². The molecule has 3 nitrogen and oxygen atoms in total. The molecular weight excluding hydrogens is 377 g/mol. The molecule has 1 aromatic carbocycles. The topological polar surface area (TPSA) is 43.8 Å². The molecule has 0 saturated heterocycles. The van der Waals surface area contributed by atoms with Crippen LogP contribution in [0.25, 0.3) is 0 Å². The highest BCUT2D eigenvalue weighted by Crippen LogP contribution is 2.30. The molecule has 1 heterocycles. The number of benzene rings is 1. The van der Waals surface area contributed by atoms with Gasteiger partial charge in [-0.1, -0.05) is 19.1 Å². The van der Waals surface area contributed by atoms with Crippen molar-refractivity contribution in [2.75, 3.05) is 0 Å². The van der Waals surface area contributed by atoms with Gasteiger partial charge in [0.2, 0.25) is 0 Å². The number of hydrogen-bond donors (Lipinski definition) is 1. The average molecular weight is 391 g/mol. The summed E-state index contributed by atoms with van der Waals surface area (Å²) in [5, 5.41) is 4.26. The number of aromatic nitrogens is 2. The Labute approximate surface area is 128 Å². The highest BCUT2D eigenvalue weighted by Gasteiger charge is 2.21. The number of rotatable bonds is 4. The first-order chi connectivity index (χ1) is 9.06. The van der Waals surface area contributed by atoms with Crippen LogP contribution >= 0.6 is 31.9 Å². The average Bonchev–Trinajstić information content (AvgIpc) is 2.74. The van der Waals surface area contributed by atoms with Crippen molar-refractivity contribution in [1.82, 2.24) is 9.78 Å². The second kappa shape index (κ2) is 6.15. The van der Waals surface area contributed by atoms with Crippen molar-refractivity contribution in [1.29, 1.82) is 0 Å². The SMILES string of the molecule is CCCn1ncc(Br)c1C(N)c1cccc(Br)c1F. The van der Waals surface area contributed by atoms with Crippen LogP contribution in [-0.4, -0.2) is 9.78 Å². The van der Waals surface area contributed by atoms with Gasteiger partial charge in [0, 0.05) is 12.1 Å².